The van der Waals surface area contributed by atoms with Gasteiger partial charge in [0.1, 0.15) is 5.69 Å². The third-order valence-corrected chi connectivity index (χ3v) is 3.08. The van der Waals surface area contributed by atoms with E-state index in [-0.39, 0.29) is 29.8 Å². The molecular weight excluding hydrogens is 272 g/mol. The van der Waals surface area contributed by atoms with Crippen molar-refractivity contribution in [3.63, 3.8) is 0 Å². The largest absolute Gasteiger partial charge is 0.346 e. The van der Waals surface area contributed by atoms with Gasteiger partial charge in [0.25, 0.3) is 11.6 Å². The molecule has 0 bridgehead atoms. The van der Waals surface area contributed by atoms with Crippen LogP contribution in [0.1, 0.15) is 41.5 Å². The zero-order chi connectivity index (χ0) is 15.4. The highest BCUT2D eigenvalue weighted by molar-refractivity contribution is 5.92. The molecule has 7 heteroatoms. The van der Waals surface area contributed by atoms with Crippen LogP contribution in [0.5, 0.6) is 0 Å². The zero-order valence-corrected chi connectivity index (χ0v) is 11.8. The first kappa shape index (κ1) is 14.7. The van der Waals surface area contributed by atoms with E-state index in [1.165, 1.54) is 6.07 Å². The Kier molecular flexibility index (Phi) is 4.32. The third kappa shape index (κ3) is 3.44. The van der Waals surface area contributed by atoms with Gasteiger partial charge in [0.15, 0.2) is 0 Å². The van der Waals surface area contributed by atoms with Gasteiger partial charge >= 0.3 is 0 Å². The Morgan fingerprint density at radius 2 is 2.14 bits per heavy atom. The molecule has 0 aliphatic carbocycles. The van der Waals surface area contributed by atoms with Crippen molar-refractivity contribution in [1.82, 2.24) is 15.5 Å². The number of carbonyl (C=O) groups excluding carboxylic acids is 1. The first-order valence-corrected chi connectivity index (χ1v) is 6.55. The topological polar surface area (TPSA) is 101 Å². The van der Waals surface area contributed by atoms with E-state index in [4.69, 9.17) is 0 Å². The molecule has 1 heterocycles. The number of aromatic nitrogens is 2. The fourth-order valence-electron chi connectivity index (χ4n) is 1.85. The minimum absolute atomic E-state index is 0.0114. The van der Waals surface area contributed by atoms with Gasteiger partial charge in [-0.1, -0.05) is 32.0 Å². The molecule has 2 rings (SSSR count). The van der Waals surface area contributed by atoms with Crippen molar-refractivity contribution in [1.29, 1.82) is 0 Å². The summed E-state index contributed by atoms with van der Waals surface area (Å²) in [5.74, 6) is -0.120. The molecular formula is C14H16N4O3. The number of nitro benzene ring substituents is 1. The molecule has 1 amide bonds. The summed E-state index contributed by atoms with van der Waals surface area (Å²) in [5, 5.41) is 20.3. The number of carbonyl (C=O) groups is 1. The molecule has 2 aromatic rings. The van der Waals surface area contributed by atoms with E-state index in [0.717, 1.165) is 5.69 Å². The maximum Gasteiger partial charge on any atom is 0.274 e. The first-order chi connectivity index (χ1) is 9.99. The number of amides is 1. The van der Waals surface area contributed by atoms with Crippen molar-refractivity contribution in [3.05, 3.63) is 57.4 Å². The van der Waals surface area contributed by atoms with Gasteiger partial charge in [-0.3, -0.25) is 20.0 Å². The Labute approximate surface area is 121 Å². The van der Waals surface area contributed by atoms with Gasteiger partial charge in [-0.25, -0.2) is 0 Å². The third-order valence-electron chi connectivity index (χ3n) is 3.08. The molecule has 7 nitrogen and oxygen atoms in total. The van der Waals surface area contributed by atoms with Crippen LogP contribution in [0.2, 0.25) is 0 Å². The van der Waals surface area contributed by atoms with E-state index in [2.05, 4.69) is 15.5 Å². The number of nitrogens with zero attached hydrogens (tertiary/aromatic N) is 2. The smallest absolute Gasteiger partial charge is 0.274 e. The van der Waals surface area contributed by atoms with Gasteiger partial charge in [0.2, 0.25) is 0 Å². The maximum absolute atomic E-state index is 12.0. The van der Waals surface area contributed by atoms with Crippen LogP contribution >= 0.6 is 0 Å². The maximum atomic E-state index is 12.0. The minimum Gasteiger partial charge on any atom is -0.346 e. The summed E-state index contributed by atoms with van der Waals surface area (Å²) < 4.78 is 0. The van der Waals surface area contributed by atoms with Gasteiger partial charge in [0, 0.05) is 23.9 Å². The van der Waals surface area contributed by atoms with E-state index >= 15 is 0 Å². The van der Waals surface area contributed by atoms with E-state index in [1.54, 1.807) is 24.3 Å². The SMILES string of the molecule is CC(C)c1cc(C(=O)NCc2ccccc2[N+](=O)[O-])n[nH]1. The van der Waals surface area contributed by atoms with Gasteiger partial charge in [-0.05, 0) is 12.0 Å². The fourth-order valence-corrected chi connectivity index (χ4v) is 1.85. The van der Waals surface area contributed by atoms with Gasteiger partial charge < -0.3 is 5.32 Å². The predicted molar refractivity (Wildman–Crippen MR) is 76.9 cm³/mol. The monoisotopic (exact) mass is 288 g/mol. The van der Waals surface area contributed by atoms with E-state index in [1.807, 2.05) is 13.8 Å². The molecule has 21 heavy (non-hydrogen) atoms. The van der Waals surface area contributed by atoms with Gasteiger partial charge in [-0.15, -0.1) is 0 Å². The molecule has 0 radical (unpaired) electrons. The number of benzene rings is 1. The Balaban J connectivity index is 2.06. The van der Waals surface area contributed by atoms with Crippen LogP contribution < -0.4 is 5.32 Å². The second-order valence-electron chi connectivity index (χ2n) is 4.93. The van der Waals surface area contributed by atoms with Crippen LogP contribution in [0.15, 0.2) is 30.3 Å². The molecule has 0 aliphatic heterocycles. The normalized spacial score (nSPS) is 10.6. The van der Waals surface area contributed by atoms with Crippen LogP contribution in [0, 0.1) is 10.1 Å². The lowest BCUT2D eigenvalue weighted by molar-refractivity contribution is -0.385. The van der Waals surface area contributed by atoms with Crippen LogP contribution in [0.25, 0.3) is 0 Å². The number of nitro groups is 1. The summed E-state index contributed by atoms with van der Waals surface area (Å²) in [6, 6.07) is 7.99. The Morgan fingerprint density at radius 1 is 1.43 bits per heavy atom. The number of H-pyrrole nitrogens is 1. The number of hydrogen-bond donors (Lipinski definition) is 2. The highest BCUT2D eigenvalue weighted by Crippen LogP contribution is 2.17. The summed E-state index contributed by atoms with van der Waals surface area (Å²) >= 11 is 0. The summed E-state index contributed by atoms with van der Waals surface area (Å²) in [5.41, 5.74) is 1.58. The molecule has 0 spiro atoms. The molecule has 110 valence electrons. The lowest BCUT2D eigenvalue weighted by atomic mass is 10.1. The molecule has 1 aromatic carbocycles. The predicted octanol–water partition coefficient (Wildman–Crippen LogP) is 2.37. The standard InChI is InChI=1S/C14H16N4O3/c1-9(2)11-7-12(17-16-11)14(19)15-8-10-5-3-4-6-13(10)18(20)21/h3-7,9H,8H2,1-2H3,(H,15,19)(H,16,17). The van der Waals surface area contributed by atoms with Crippen molar-refractivity contribution in [2.75, 3.05) is 0 Å². The first-order valence-electron chi connectivity index (χ1n) is 6.55. The second kappa shape index (κ2) is 6.17. The molecule has 1 aromatic heterocycles. The van der Waals surface area contributed by atoms with E-state index < -0.39 is 4.92 Å². The molecule has 0 unspecified atom stereocenters. The fraction of sp³-hybridized carbons (Fsp3) is 0.286. The Morgan fingerprint density at radius 3 is 2.76 bits per heavy atom. The summed E-state index contributed by atoms with van der Waals surface area (Å²) in [7, 11) is 0. The van der Waals surface area contributed by atoms with Crippen molar-refractivity contribution in [2.24, 2.45) is 0 Å². The van der Waals surface area contributed by atoms with Crippen LogP contribution in [0.3, 0.4) is 0 Å². The van der Waals surface area contributed by atoms with Crippen molar-refractivity contribution < 1.29 is 9.72 Å². The average Bonchev–Trinajstić information content (AvgIpc) is 2.95. The van der Waals surface area contributed by atoms with Crippen molar-refractivity contribution in [2.45, 2.75) is 26.3 Å². The minimum atomic E-state index is -0.465. The highest BCUT2D eigenvalue weighted by Gasteiger charge is 2.15. The number of hydrogen-bond acceptors (Lipinski definition) is 4. The van der Waals surface area contributed by atoms with Crippen molar-refractivity contribution >= 4 is 11.6 Å². The Hall–Kier alpha value is -2.70. The molecule has 0 atom stereocenters. The molecule has 0 aliphatic rings. The van der Waals surface area contributed by atoms with E-state index in [9.17, 15) is 14.9 Å². The van der Waals surface area contributed by atoms with E-state index in [0.29, 0.717) is 5.56 Å². The molecule has 0 saturated heterocycles. The summed E-state index contributed by atoms with van der Waals surface area (Å²) in [4.78, 5) is 22.4. The van der Waals surface area contributed by atoms with Gasteiger partial charge in [0.05, 0.1) is 4.92 Å². The number of nitrogens with one attached hydrogen (secondary N) is 2. The lowest BCUT2D eigenvalue weighted by Crippen LogP contribution is -2.23. The average molecular weight is 288 g/mol. The lowest BCUT2D eigenvalue weighted by Gasteiger charge is -2.04. The van der Waals surface area contributed by atoms with Crippen LogP contribution in [-0.4, -0.2) is 21.0 Å². The molecule has 0 fully saturated rings. The molecule has 0 saturated carbocycles. The number of rotatable bonds is 5. The van der Waals surface area contributed by atoms with Crippen molar-refractivity contribution in [3.8, 4) is 0 Å². The summed E-state index contributed by atoms with van der Waals surface area (Å²) in [6.45, 7) is 4.06. The van der Waals surface area contributed by atoms with Gasteiger partial charge in [-0.2, -0.15) is 5.10 Å². The second-order valence-corrected chi connectivity index (χ2v) is 4.93. The zero-order valence-electron chi connectivity index (χ0n) is 11.8. The Bertz CT molecular complexity index is 664. The number of aromatic amines is 1. The molecule has 2 N–H and O–H groups in total. The van der Waals surface area contributed by atoms with Crippen LogP contribution in [0.4, 0.5) is 5.69 Å². The highest BCUT2D eigenvalue weighted by atomic mass is 16.6. The number of para-hydroxylation sites is 1. The van der Waals surface area contributed by atoms with Crippen LogP contribution in [-0.2, 0) is 6.54 Å². The quantitative estimate of drug-likeness (QED) is 0.651. The summed E-state index contributed by atoms with van der Waals surface area (Å²) in [6.07, 6.45) is 0.